The lowest BCUT2D eigenvalue weighted by atomic mass is 9.78. The van der Waals surface area contributed by atoms with Crippen molar-refractivity contribution < 1.29 is 22.8 Å². The van der Waals surface area contributed by atoms with Gasteiger partial charge in [-0.2, -0.15) is 5.11 Å². The molecule has 0 saturated heterocycles. The van der Waals surface area contributed by atoms with Crippen LogP contribution in [0.15, 0.2) is 61.4 Å². The molecule has 0 saturated carbocycles. The molecule has 1 heterocycles. The van der Waals surface area contributed by atoms with E-state index in [-0.39, 0.29) is 39.8 Å². The molecule has 0 bridgehead atoms. The average molecular weight is 404 g/mol. The maximum Gasteiger partial charge on any atom is 0.263 e. The molecular formula is C18H20N4O5S. The van der Waals surface area contributed by atoms with E-state index in [4.69, 9.17) is 4.52 Å². The van der Waals surface area contributed by atoms with E-state index in [0.717, 1.165) is 0 Å². The van der Waals surface area contributed by atoms with Gasteiger partial charge in [-0.05, 0) is 36.6 Å². The lowest BCUT2D eigenvalue weighted by Crippen LogP contribution is -2.25. The fourth-order valence-electron chi connectivity index (χ4n) is 2.80. The molecule has 2 aromatic rings. The van der Waals surface area contributed by atoms with Crippen molar-refractivity contribution in [2.24, 2.45) is 15.6 Å². The summed E-state index contributed by atoms with van der Waals surface area (Å²) >= 11 is 0. The van der Waals surface area contributed by atoms with E-state index in [9.17, 15) is 18.3 Å². The van der Waals surface area contributed by atoms with Crippen molar-refractivity contribution in [3.05, 3.63) is 47.5 Å². The topological polar surface area (TPSA) is 134 Å². The van der Waals surface area contributed by atoms with Crippen LogP contribution in [0.2, 0.25) is 0 Å². The van der Waals surface area contributed by atoms with Crippen LogP contribution in [0, 0.1) is 12.3 Å². The van der Waals surface area contributed by atoms with Gasteiger partial charge in [0.1, 0.15) is 11.5 Å². The Morgan fingerprint density at radius 2 is 1.86 bits per heavy atom. The van der Waals surface area contributed by atoms with E-state index in [1.165, 1.54) is 30.3 Å². The van der Waals surface area contributed by atoms with Crippen molar-refractivity contribution in [3.8, 4) is 0 Å². The number of carbonyl (C=O) groups is 1. The minimum Gasteiger partial charge on any atom is -0.510 e. The normalized spacial score (nSPS) is 17.3. The van der Waals surface area contributed by atoms with E-state index in [2.05, 4.69) is 20.1 Å². The smallest absolute Gasteiger partial charge is 0.263 e. The van der Waals surface area contributed by atoms with Gasteiger partial charge in [-0.25, -0.2) is 8.42 Å². The Labute approximate surface area is 162 Å². The molecule has 1 aliphatic rings. The largest absolute Gasteiger partial charge is 0.510 e. The van der Waals surface area contributed by atoms with Gasteiger partial charge in [0.15, 0.2) is 17.3 Å². The van der Waals surface area contributed by atoms with Crippen LogP contribution in [0.1, 0.15) is 32.4 Å². The number of aliphatic hydroxyl groups excluding tert-OH is 1. The third-order valence-electron chi connectivity index (χ3n) is 4.10. The second-order valence-electron chi connectivity index (χ2n) is 7.36. The summed E-state index contributed by atoms with van der Waals surface area (Å²) in [5.74, 6) is 0.203. The molecule has 0 amide bonds. The van der Waals surface area contributed by atoms with Crippen LogP contribution >= 0.6 is 0 Å². The fourth-order valence-corrected chi connectivity index (χ4v) is 3.79. The number of azo groups is 1. The first-order valence-corrected chi connectivity index (χ1v) is 9.97. The quantitative estimate of drug-likeness (QED) is 0.723. The fraction of sp³-hybridized carbons (Fsp3) is 0.333. The van der Waals surface area contributed by atoms with Crippen LogP contribution in [-0.2, 0) is 14.8 Å². The Kier molecular flexibility index (Phi) is 5.07. The molecule has 2 N–H and O–H groups in total. The summed E-state index contributed by atoms with van der Waals surface area (Å²) in [6, 6.07) is 7.05. The zero-order valence-electron chi connectivity index (χ0n) is 15.6. The highest BCUT2D eigenvalue weighted by atomic mass is 32.2. The van der Waals surface area contributed by atoms with Crippen LogP contribution in [-0.4, -0.2) is 24.5 Å². The lowest BCUT2D eigenvalue weighted by molar-refractivity contribution is -0.118. The van der Waals surface area contributed by atoms with E-state index < -0.39 is 10.0 Å². The molecule has 1 aliphatic carbocycles. The second-order valence-corrected chi connectivity index (χ2v) is 9.04. The van der Waals surface area contributed by atoms with E-state index in [0.29, 0.717) is 17.9 Å². The standard InChI is InChI=1S/C18H20N4O5S/c1-11-8-16(21-27-11)22-28(25,26)13-6-4-12(5-7-13)19-20-17-14(23)9-18(2,3)10-15(17)24/h4-8,23H,9-10H2,1-3H3,(H,21,22). The number of benzene rings is 1. The number of anilines is 1. The Morgan fingerprint density at radius 3 is 2.43 bits per heavy atom. The maximum absolute atomic E-state index is 12.3. The molecule has 0 unspecified atom stereocenters. The predicted octanol–water partition coefficient (Wildman–Crippen LogP) is 4.03. The molecule has 9 nitrogen and oxygen atoms in total. The van der Waals surface area contributed by atoms with Gasteiger partial charge in [0.05, 0.1) is 10.6 Å². The Hall–Kier alpha value is -3.01. The molecule has 1 aromatic carbocycles. The summed E-state index contributed by atoms with van der Waals surface area (Å²) in [5, 5.41) is 21.4. The highest BCUT2D eigenvalue weighted by Crippen LogP contribution is 2.36. The number of rotatable bonds is 5. The Bertz CT molecular complexity index is 1070. The summed E-state index contributed by atoms with van der Waals surface area (Å²) in [4.78, 5) is 12.1. The molecule has 0 aliphatic heterocycles. The van der Waals surface area contributed by atoms with Crippen molar-refractivity contribution >= 4 is 27.3 Å². The van der Waals surface area contributed by atoms with Gasteiger partial charge in [0, 0.05) is 18.9 Å². The summed E-state index contributed by atoms with van der Waals surface area (Å²) < 4.78 is 31.8. The molecule has 1 aromatic heterocycles. The van der Waals surface area contributed by atoms with Gasteiger partial charge < -0.3 is 9.63 Å². The number of aromatic nitrogens is 1. The van der Waals surface area contributed by atoms with Crippen molar-refractivity contribution in [1.29, 1.82) is 0 Å². The first-order valence-electron chi connectivity index (χ1n) is 8.49. The third-order valence-corrected chi connectivity index (χ3v) is 5.47. The molecule has 0 fully saturated rings. The summed E-state index contributed by atoms with van der Waals surface area (Å²) in [5.41, 5.74) is -0.0285. The molecule has 28 heavy (non-hydrogen) atoms. The lowest BCUT2D eigenvalue weighted by Gasteiger charge is -2.27. The van der Waals surface area contributed by atoms with Crippen LogP contribution in [0.25, 0.3) is 0 Å². The van der Waals surface area contributed by atoms with Gasteiger partial charge in [0.2, 0.25) is 0 Å². The zero-order chi connectivity index (χ0) is 20.5. The first-order chi connectivity index (χ1) is 13.1. The number of hydrogen-bond acceptors (Lipinski definition) is 8. The summed E-state index contributed by atoms with van der Waals surface area (Å²) in [6.45, 7) is 5.43. The van der Waals surface area contributed by atoms with Gasteiger partial charge >= 0.3 is 0 Å². The molecule has 0 atom stereocenters. The zero-order valence-corrected chi connectivity index (χ0v) is 16.4. The number of nitrogens with one attached hydrogen (secondary N) is 1. The highest BCUT2D eigenvalue weighted by Gasteiger charge is 2.33. The molecule has 0 radical (unpaired) electrons. The number of carbonyl (C=O) groups excluding carboxylic acids is 1. The van der Waals surface area contributed by atoms with Crippen molar-refractivity contribution in [2.45, 2.75) is 38.5 Å². The third kappa shape index (κ3) is 4.45. The van der Waals surface area contributed by atoms with E-state index >= 15 is 0 Å². The van der Waals surface area contributed by atoms with Gasteiger partial charge in [-0.1, -0.05) is 19.0 Å². The predicted molar refractivity (Wildman–Crippen MR) is 101 cm³/mol. The molecule has 0 spiro atoms. The van der Waals surface area contributed by atoms with Crippen molar-refractivity contribution in [2.75, 3.05) is 4.72 Å². The molecule has 10 heteroatoms. The number of hydrogen-bond donors (Lipinski definition) is 2. The molecule has 3 rings (SSSR count). The van der Waals surface area contributed by atoms with Crippen LogP contribution < -0.4 is 4.72 Å². The summed E-state index contributed by atoms with van der Waals surface area (Å²) in [7, 11) is -3.83. The number of nitrogens with zero attached hydrogens (tertiary/aromatic N) is 3. The monoisotopic (exact) mass is 404 g/mol. The number of ketones is 1. The number of allylic oxidation sites excluding steroid dienone is 2. The van der Waals surface area contributed by atoms with E-state index in [1.54, 1.807) is 6.92 Å². The highest BCUT2D eigenvalue weighted by molar-refractivity contribution is 7.92. The molecular weight excluding hydrogens is 384 g/mol. The van der Waals surface area contributed by atoms with E-state index in [1.807, 2.05) is 13.8 Å². The SMILES string of the molecule is Cc1cc(NS(=O)(=O)c2ccc(N=NC3=C(O)CC(C)(C)CC3=O)cc2)no1. The Morgan fingerprint density at radius 1 is 1.18 bits per heavy atom. The van der Waals surface area contributed by atoms with Gasteiger partial charge in [-0.3, -0.25) is 9.52 Å². The van der Waals surface area contributed by atoms with Crippen LogP contribution in [0.5, 0.6) is 0 Å². The second kappa shape index (κ2) is 7.19. The van der Waals surface area contributed by atoms with Gasteiger partial charge in [0.25, 0.3) is 10.0 Å². The Balaban J connectivity index is 1.76. The maximum atomic E-state index is 12.3. The minimum absolute atomic E-state index is 0.00431. The summed E-state index contributed by atoms with van der Waals surface area (Å²) in [6.07, 6.45) is 0.618. The van der Waals surface area contributed by atoms with Crippen molar-refractivity contribution in [1.82, 2.24) is 5.16 Å². The number of aliphatic hydroxyl groups is 1. The van der Waals surface area contributed by atoms with Gasteiger partial charge in [-0.15, -0.1) is 5.11 Å². The van der Waals surface area contributed by atoms with Crippen LogP contribution in [0.3, 0.4) is 0 Å². The number of sulfonamides is 1. The first kappa shape index (κ1) is 19.7. The molecule has 148 valence electrons. The van der Waals surface area contributed by atoms with Crippen LogP contribution in [0.4, 0.5) is 11.5 Å². The minimum atomic E-state index is -3.83. The number of aryl methyl sites for hydroxylation is 1. The number of Topliss-reactive ketones (excluding diaryl/α,β-unsaturated/α-hetero) is 1. The van der Waals surface area contributed by atoms with Crippen molar-refractivity contribution in [3.63, 3.8) is 0 Å². The average Bonchev–Trinajstić information content (AvgIpc) is 2.97.